The number of nitrogens with zero attached hydrogens (tertiary/aromatic N) is 2. The third kappa shape index (κ3) is 3.92. The third-order valence-corrected chi connectivity index (χ3v) is 4.78. The molecule has 30 heavy (non-hydrogen) atoms. The first kappa shape index (κ1) is 21.1. The Labute approximate surface area is 172 Å². The van der Waals surface area contributed by atoms with Gasteiger partial charge in [-0.1, -0.05) is 12.1 Å². The Hall–Kier alpha value is -3.59. The summed E-state index contributed by atoms with van der Waals surface area (Å²) in [4.78, 5) is 38.3. The highest BCUT2D eigenvalue weighted by atomic mass is 16.5. The first-order valence-electron chi connectivity index (χ1n) is 9.36. The highest BCUT2D eigenvalue weighted by molar-refractivity contribution is 5.93. The number of aryl methyl sites for hydroxylation is 1. The van der Waals surface area contributed by atoms with E-state index >= 15 is 0 Å². The summed E-state index contributed by atoms with van der Waals surface area (Å²) in [5.41, 5.74) is 6.19. The fraction of sp³-hybridized carbons (Fsp3) is 0.286. The summed E-state index contributed by atoms with van der Waals surface area (Å²) in [7, 11) is 3.04. The number of anilines is 1. The lowest BCUT2D eigenvalue weighted by Crippen LogP contribution is -2.43. The van der Waals surface area contributed by atoms with E-state index < -0.39 is 17.2 Å². The Kier molecular flexibility index (Phi) is 6.22. The van der Waals surface area contributed by atoms with Gasteiger partial charge in [0.2, 0.25) is 5.91 Å². The van der Waals surface area contributed by atoms with E-state index in [1.807, 2.05) is 6.92 Å². The Bertz CT molecular complexity index is 1210. The summed E-state index contributed by atoms with van der Waals surface area (Å²) in [6.07, 6.45) is 0. The van der Waals surface area contributed by atoms with Crippen molar-refractivity contribution in [3.8, 4) is 11.5 Å². The lowest BCUT2D eigenvalue weighted by molar-refractivity contribution is -0.116. The summed E-state index contributed by atoms with van der Waals surface area (Å²) in [6, 6.07) is 10.1. The minimum Gasteiger partial charge on any atom is -0.496 e. The zero-order chi connectivity index (χ0) is 21.8. The number of ether oxygens (including phenoxy) is 2. The van der Waals surface area contributed by atoms with Crippen molar-refractivity contribution in [1.82, 2.24) is 9.13 Å². The SMILES string of the molecule is COc1cc(OC)c(NC(=O)Cn2c(=O)n(CCN)c(=O)c3ccccc32)cc1C. The van der Waals surface area contributed by atoms with Crippen LogP contribution in [-0.4, -0.2) is 35.8 Å². The standard InChI is InChI=1S/C21H24N4O5/c1-13-10-15(18(30-3)11-17(13)29-2)23-19(26)12-25-16-7-5-4-6-14(16)20(27)24(9-8-22)21(25)28/h4-7,10-11H,8-9,12,22H2,1-3H3,(H,23,26). The lowest BCUT2D eigenvalue weighted by atomic mass is 10.2. The van der Waals surface area contributed by atoms with Gasteiger partial charge in [0, 0.05) is 19.2 Å². The fourth-order valence-corrected chi connectivity index (χ4v) is 3.34. The fourth-order valence-electron chi connectivity index (χ4n) is 3.34. The maximum atomic E-state index is 12.9. The normalized spacial score (nSPS) is 10.8. The van der Waals surface area contributed by atoms with E-state index in [1.54, 1.807) is 43.5 Å². The van der Waals surface area contributed by atoms with Gasteiger partial charge in [0.1, 0.15) is 18.0 Å². The van der Waals surface area contributed by atoms with Gasteiger partial charge >= 0.3 is 5.69 Å². The van der Waals surface area contributed by atoms with Crippen LogP contribution < -0.4 is 31.8 Å². The molecule has 0 bridgehead atoms. The van der Waals surface area contributed by atoms with E-state index in [2.05, 4.69) is 5.32 Å². The number of hydrogen-bond acceptors (Lipinski definition) is 6. The van der Waals surface area contributed by atoms with Crippen LogP contribution in [0.15, 0.2) is 46.0 Å². The van der Waals surface area contributed by atoms with Crippen molar-refractivity contribution in [1.29, 1.82) is 0 Å². The van der Waals surface area contributed by atoms with E-state index in [4.69, 9.17) is 15.2 Å². The minimum absolute atomic E-state index is 0.0651. The van der Waals surface area contributed by atoms with E-state index in [0.717, 1.165) is 10.1 Å². The zero-order valence-electron chi connectivity index (χ0n) is 17.1. The molecule has 0 atom stereocenters. The van der Waals surface area contributed by atoms with Crippen molar-refractivity contribution in [2.75, 3.05) is 26.1 Å². The third-order valence-electron chi connectivity index (χ3n) is 4.78. The summed E-state index contributed by atoms with van der Waals surface area (Å²) in [6.45, 7) is 1.75. The Morgan fingerprint density at radius 3 is 2.43 bits per heavy atom. The molecule has 3 N–H and O–H groups in total. The van der Waals surface area contributed by atoms with Gasteiger partial charge in [-0.3, -0.25) is 18.7 Å². The topological polar surface area (TPSA) is 118 Å². The van der Waals surface area contributed by atoms with Crippen LogP contribution in [0.5, 0.6) is 11.5 Å². The molecule has 2 aromatic carbocycles. The molecule has 0 aliphatic heterocycles. The van der Waals surface area contributed by atoms with Crippen molar-refractivity contribution >= 4 is 22.5 Å². The van der Waals surface area contributed by atoms with Gasteiger partial charge < -0.3 is 20.5 Å². The van der Waals surface area contributed by atoms with Crippen molar-refractivity contribution in [2.45, 2.75) is 20.0 Å². The first-order valence-corrected chi connectivity index (χ1v) is 9.36. The van der Waals surface area contributed by atoms with Gasteiger partial charge in [-0.25, -0.2) is 4.79 Å². The smallest absolute Gasteiger partial charge is 0.331 e. The van der Waals surface area contributed by atoms with E-state index in [0.29, 0.717) is 28.1 Å². The molecule has 9 heteroatoms. The largest absolute Gasteiger partial charge is 0.496 e. The van der Waals surface area contributed by atoms with Crippen LogP contribution in [0.2, 0.25) is 0 Å². The lowest BCUT2D eigenvalue weighted by Gasteiger charge is -2.16. The number of carbonyl (C=O) groups is 1. The van der Waals surface area contributed by atoms with Crippen molar-refractivity contribution < 1.29 is 14.3 Å². The number of aromatic nitrogens is 2. The number of nitrogens with two attached hydrogens (primary N) is 1. The number of benzene rings is 2. The number of hydrogen-bond donors (Lipinski definition) is 2. The van der Waals surface area contributed by atoms with Crippen LogP contribution in [0.4, 0.5) is 5.69 Å². The van der Waals surface area contributed by atoms with Crippen LogP contribution in [0.1, 0.15) is 5.56 Å². The van der Waals surface area contributed by atoms with Crippen LogP contribution in [0, 0.1) is 6.92 Å². The van der Waals surface area contributed by atoms with E-state index in [-0.39, 0.29) is 19.6 Å². The quantitative estimate of drug-likeness (QED) is 0.600. The maximum Gasteiger partial charge on any atom is 0.331 e. The second kappa shape index (κ2) is 8.83. The molecule has 1 heterocycles. The van der Waals surface area contributed by atoms with Crippen LogP contribution in [-0.2, 0) is 17.9 Å². The molecule has 0 aliphatic carbocycles. The van der Waals surface area contributed by atoms with Crippen molar-refractivity contribution in [3.05, 3.63) is 62.8 Å². The highest BCUT2D eigenvalue weighted by Gasteiger charge is 2.17. The molecule has 0 saturated carbocycles. The average Bonchev–Trinajstić information content (AvgIpc) is 2.74. The van der Waals surface area contributed by atoms with Gasteiger partial charge in [-0.15, -0.1) is 0 Å². The zero-order valence-corrected chi connectivity index (χ0v) is 17.1. The molecule has 0 unspecified atom stereocenters. The Morgan fingerprint density at radius 2 is 1.77 bits per heavy atom. The van der Waals surface area contributed by atoms with E-state index in [9.17, 15) is 14.4 Å². The number of methoxy groups -OCH3 is 2. The number of para-hydroxylation sites is 1. The summed E-state index contributed by atoms with van der Waals surface area (Å²) < 4.78 is 12.9. The van der Waals surface area contributed by atoms with E-state index in [1.165, 1.54) is 11.7 Å². The maximum absolute atomic E-state index is 12.9. The second-order valence-electron chi connectivity index (χ2n) is 6.70. The molecule has 1 amide bonds. The van der Waals surface area contributed by atoms with Gasteiger partial charge in [0.05, 0.1) is 30.8 Å². The summed E-state index contributed by atoms with van der Waals surface area (Å²) in [5, 5.41) is 3.11. The van der Waals surface area contributed by atoms with Crippen LogP contribution in [0.3, 0.4) is 0 Å². The summed E-state index contributed by atoms with van der Waals surface area (Å²) >= 11 is 0. The number of amides is 1. The Morgan fingerprint density at radius 1 is 1.07 bits per heavy atom. The molecular formula is C21H24N4O5. The Balaban J connectivity index is 2.01. The molecule has 0 fully saturated rings. The minimum atomic E-state index is -0.586. The molecule has 158 valence electrons. The van der Waals surface area contributed by atoms with Crippen LogP contribution >= 0.6 is 0 Å². The summed E-state index contributed by atoms with van der Waals surface area (Å²) in [5.74, 6) is 0.611. The van der Waals surface area contributed by atoms with Gasteiger partial charge in [-0.2, -0.15) is 0 Å². The predicted molar refractivity (Wildman–Crippen MR) is 114 cm³/mol. The molecule has 3 aromatic rings. The molecule has 0 saturated heterocycles. The predicted octanol–water partition coefficient (Wildman–Crippen LogP) is 1.09. The first-order chi connectivity index (χ1) is 14.4. The van der Waals surface area contributed by atoms with Crippen molar-refractivity contribution in [2.24, 2.45) is 5.73 Å². The molecule has 0 aliphatic rings. The molecule has 9 nitrogen and oxygen atoms in total. The number of carbonyl (C=O) groups excluding carboxylic acids is 1. The molecule has 1 aromatic heterocycles. The van der Waals surface area contributed by atoms with Gasteiger partial charge in [0.25, 0.3) is 5.56 Å². The highest BCUT2D eigenvalue weighted by Crippen LogP contribution is 2.32. The second-order valence-corrected chi connectivity index (χ2v) is 6.70. The average molecular weight is 412 g/mol. The number of rotatable bonds is 7. The van der Waals surface area contributed by atoms with Gasteiger partial charge in [-0.05, 0) is 30.7 Å². The van der Waals surface area contributed by atoms with Crippen LogP contribution in [0.25, 0.3) is 10.9 Å². The number of nitrogens with one attached hydrogen (secondary N) is 1. The number of fused-ring (bicyclic) bond motifs is 1. The molecular weight excluding hydrogens is 388 g/mol. The monoisotopic (exact) mass is 412 g/mol. The van der Waals surface area contributed by atoms with Crippen molar-refractivity contribution in [3.63, 3.8) is 0 Å². The molecule has 3 rings (SSSR count). The molecule has 0 radical (unpaired) electrons. The van der Waals surface area contributed by atoms with Gasteiger partial charge in [0.15, 0.2) is 0 Å². The molecule has 0 spiro atoms.